The summed E-state index contributed by atoms with van der Waals surface area (Å²) in [5.41, 5.74) is 2.50. The van der Waals surface area contributed by atoms with E-state index in [0.29, 0.717) is 47.3 Å². The van der Waals surface area contributed by atoms with Gasteiger partial charge in [-0.3, -0.25) is 0 Å². The molecule has 2 N–H and O–H groups in total. The van der Waals surface area contributed by atoms with E-state index in [1.54, 1.807) is 23.1 Å². The number of aromatic nitrogens is 4. The van der Waals surface area contributed by atoms with Crippen LogP contribution < -0.4 is 20.4 Å². The van der Waals surface area contributed by atoms with E-state index >= 15 is 0 Å². The Labute approximate surface area is 237 Å². The van der Waals surface area contributed by atoms with Crippen LogP contribution in [0.5, 0.6) is 0 Å². The number of nitrogens with zero attached hydrogens (tertiary/aromatic N) is 6. The fourth-order valence-electron chi connectivity index (χ4n) is 6.14. The Balaban J connectivity index is 1.27. The Morgan fingerprint density at radius 3 is 2.29 bits per heavy atom. The fourth-order valence-corrected chi connectivity index (χ4v) is 7.75. The van der Waals surface area contributed by atoms with Crippen LogP contribution in [0.15, 0.2) is 29.4 Å². The first kappa shape index (κ1) is 26.7. The Morgan fingerprint density at radius 2 is 1.63 bits per heavy atom. The first-order valence-corrected chi connectivity index (χ1v) is 15.9. The molecule has 1 saturated carbocycles. The maximum atomic E-state index is 13.8. The van der Waals surface area contributed by atoms with Crippen LogP contribution in [-0.2, 0) is 9.84 Å². The summed E-state index contributed by atoms with van der Waals surface area (Å²) < 4.78 is 54.4. The number of hydrogen-bond acceptors (Lipinski definition) is 10. The quantitative estimate of drug-likeness (QED) is 0.443. The topological polar surface area (TPSA) is 116 Å². The second-order valence-corrected chi connectivity index (χ2v) is 14.3. The first-order chi connectivity index (χ1) is 19.6. The molecule has 1 aliphatic carbocycles. The Hall–Kier alpha value is -3.19. The van der Waals surface area contributed by atoms with Crippen molar-refractivity contribution in [3.63, 3.8) is 0 Å². The molecule has 0 radical (unpaired) electrons. The van der Waals surface area contributed by atoms with Gasteiger partial charge in [-0.1, -0.05) is 0 Å². The van der Waals surface area contributed by atoms with Gasteiger partial charge < -0.3 is 20.4 Å². The molecule has 0 atom stereocenters. The average Bonchev–Trinajstić information content (AvgIpc) is 3.65. The van der Waals surface area contributed by atoms with Gasteiger partial charge in [0.1, 0.15) is 18.0 Å². The maximum absolute atomic E-state index is 13.8. The lowest BCUT2D eigenvalue weighted by Gasteiger charge is -2.35. The zero-order valence-corrected chi connectivity index (χ0v) is 23.9. The van der Waals surface area contributed by atoms with Crippen molar-refractivity contribution in [2.24, 2.45) is 5.41 Å². The second-order valence-electron chi connectivity index (χ2n) is 12.0. The van der Waals surface area contributed by atoms with E-state index in [1.165, 1.54) is 19.2 Å². The van der Waals surface area contributed by atoms with Crippen molar-refractivity contribution in [3.8, 4) is 0 Å². The summed E-state index contributed by atoms with van der Waals surface area (Å²) in [5.74, 6) is -1.26. The third kappa shape index (κ3) is 5.07. The number of nitrogens with one attached hydrogen (secondary N) is 2. The molecule has 2 aromatic heterocycles. The maximum Gasteiger partial charge on any atom is 0.251 e. The van der Waals surface area contributed by atoms with Crippen molar-refractivity contribution >= 4 is 44.0 Å². The minimum Gasteiger partial charge on any atom is -0.371 e. The first-order valence-electron chi connectivity index (χ1n) is 14.3. The zero-order valence-electron chi connectivity index (χ0n) is 23.0. The van der Waals surface area contributed by atoms with Gasteiger partial charge in [0.05, 0.1) is 26.7 Å². The third-order valence-corrected chi connectivity index (χ3v) is 11.3. The summed E-state index contributed by atoms with van der Waals surface area (Å²) in [5, 5.41) is 6.69. The Bertz CT molecular complexity index is 1590. The molecular formula is C28H34F2N8O2S. The van der Waals surface area contributed by atoms with E-state index in [2.05, 4.69) is 35.5 Å². The van der Waals surface area contributed by atoms with Gasteiger partial charge in [0, 0.05) is 63.9 Å². The summed E-state index contributed by atoms with van der Waals surface area (Å²) >= 11 is 0. The van der Waals surface area contributed by atoms with Gasteiger partial charge in [-0.25, -0.2) is 32.2 Å². The van der Waals surface area contributed by atoms with Crippen LogP contribution in [0.4, 0.5) is 32.1 Å². The molecule has 7 rings (SSSR count). The molecule has 13 heteroatoms. The van der Waals surface area contributed by atoms with Crippen LogP contribution in [0.1, 0.15) is 44.2 Å². The molecule has 41 heavy (non-hydrogen) atoms. The van der Waals surface area contributed by atoms with Gasteiger partial charge in [0.25, 0.3) is 5.92 Å². The SMILES string of the molecule is Cc1cc(Nc2ncnc3cc(S(=O)(=O)C4CNC4)cc(N4CCC5(CC4)CC5)c23)nc(N2CCC(F)(F)CC2)n1. The van der Waals surface area contributed by atoms with E-state index < -0.39 is 21.0 Å². The molecule has 3 saturated heterocycles. The molecule has 3 aromatic rings. The molecular weight excluding hydrogens is 550 g/mol. The molecule has 0 amide bonds. The van der Waals surface area contributed by atoms with Crippen LogP contribution in [-0.4, -0.2) is 78.8 Å². The van der Waals surface area contributed by atoms with Crippen molar-refractivity contribution in [2.75, 3.05) is 54.4 Å². The van der Waals surface area contributed by atoms with Crippen molar-refractivity contribution < 1.29 is 17.2 Å². The molecule has 4 aliphatic rings. The van der Waals surface area contributed by atoms with E-state index in [1.807, 2.05) is 6.92 Å². The van der Waals surface area contributed by atoms with E-state index in [9.17, 15) is 17.2 Å². The standard InChI is InChI=1S/C28H34F2N8O2S/c1-18-12-23(36-26(34-18)38-10-6-28(29,30)7-11-38)35-25-24-21(32-17-33-25)13-19(41(39,40)20-15-31-16-20)14-22(24)37-8-4-27(2-3-27)5-9-37/h12-14,17,20,31H,2-11,15-16H2,1H3,(H,32,33,34,35,36). The second kappa shape index (κ2) is 9.69. The van der Waals surface area contributed by atoms with E-state index in [0.717, 1.165) is 37.0 Å². The van der Waals surface area contributed by atoms with Crippen LogP contribution >= 0.6 is 0 Å². The lowest BCUT2D eigenvalue weighted by atomic mass is 9.93. The molecule has 218 valence electrons. The lowest BCUT2D eigenvalue weighted by molar-refractivity contribution is -0.0222. The highest BCUT2D eigenvalue weighted by molar-refractivity contribution is 7.92. The predicted molar refractivity (Wildman–Crippen MR) is 153 cm³/mol. The summed E-state index contributed by atoms with van der Waals surface area (Å²) in [6.07, 6.45) is 5.66. The number of aryl methyl sites for hydroxylation is 1. The van der Waals surface area contributed by atoms with Gasteiger partial charge in [-0.2, -0.15) is 4.98 Å². The van der Waals surface area contributed by atoms with E-state index in [-0.39, 0.29) is 30.8 Å². The zero-order chi connectivity index (χ0) is 28.4. The lowest BCUT2D eigenvalue weighted by Crippen LogP contribution is -2.51. The van der Waals surface area contributed by atoms with Crippen LogP contribution in [0.2, 0.25) is 0 Å². The summed E-state index contributed by atoms with van der Waals surface area (Å²) in [4.78, 5) is 22.6. The molecule has 0 unspecified atom stereocenters. The summed E-state index contributed by atoms with van der Waals surface area (Å²) in [7, 11) is -3.52. The third-order valence-electron chi connectivity index (χ3n) is 9.19. The minimum atomic E-state index is -3.52. The highest BCUT2D eigenvalue weighted by Gasteiger charge is 2.45. The highest BCUT2D eigenvalue weighted by Crippen LogP contribution is 2.54. The van der Waals surface area contributed by atoms with Crippen LogP contribution in [0.25, 0.3) is 10.9 Å². The minimum absolute atomic E-state index is 0.181. The molecule has 1 aromatic carbocycles. The number of sulfone groups is 1. The highest BCUT2D eigenvalue weighted by atomic mass is 32.2. The van der Waals surface area contributed by atoms with Crippen molar-refractivity contribution in [3.05, 3.63) is 30.2 Å². The largest absolute Gasteiger partial charge is 0.371 e. The predicted octanol–water partition coefficient (Wildman–Crippen LogP) is 3.83. The monoisotopic (exact) mass is 584 g/mol. The number of anilines is 4. The van der Waals surface area contributed by atoms with Crippen LogP contribution in [0.3, 0.4) is 0 Å². The number of piperidine rings is 2. The van der Waals surface area contributed by atoms with Gasteiger partial charge in [0.15, 0.2) is 9.84 Å². The molecule has 3 aliphatic heterocycles. The number of halogens is 2. The van der Waals surface area contributed by atoms with Crippen LogP contribution in [0, 0.1) is 12.3 Å². The molecule has 5 heterocycles. The molecule has 1 spiro atoms. The number of fused-ring (bicyclic) bond motifs is 1. The van der Waals surface area contributed by atoms with Gasteiger partial charge >= 0.3 is 0 Å². The smallest absolute Gasteiger partial charge is 0.251 e. The summed E-state index contributed by atoms with van der Waals surface area (Å²) in [6, 6.07) is 5.23. The van der Waals surface area contributed by atoms with Gasteiger partial charge in [-0.15, -0.1) is 0 Å². The summed E-state index contributed by atoms with van der Waals surface area (Å²) in [6.45, 7) is 4.78. The molecule has 10 nitrogen and oxygen atoms in total. The van der Waals surface area contributed by atoms with Gasteiger partial charge in [0.2, 0.25) is 5.95 Å². The van der Waals surface area contributed by atoms with Crippen molar-refractivity contribution in [1.29, 1.82) is 0 Å². The normalized spacial score (nSPS) is 22.1. The number of hydrogen-bond donors (Lipinski definition) is 2. The number of alkyl halides is 2. The van der Waals surface area contributed by atoms with Crippen molar-refractivity contribution in [1.82, 2.24) is 25.3 Å². The number of benzene rings is 1. The Morgan fingerprint density at radius 1 is 0.927 bits per heavy atom. The van der Waals surface area contributed by atoms with E-state index in [4.69, 9.17) is 0 Å². The number of rotatable bonds is 6. The average molecular weight is 585 g/mol. The Kier molecular flexibility index (Phi) is 6.31. The molecule has 0 bridgehead atoms. The molecule has 4 fully saturated rings. The fraction of sp³-hybridized carbons (Fsp3) is 0.571. The van der Waals surface area contributed by atoms with Gasteiger partial charge in [-0.05, 0) is 50.2 Å². The van der Waals surface area contributed by atoms with Crippen molar-refractivity contribution in [2.45, 2.75) is 61.5 Å².